The molecule has 0 spiro atoms. The van der Waals surface area contributed by atoms with Gasteiger partial charge in [-0.15, -0.1) is 0 Å². The quantitative estimate of drug-likeness (QED) is 0.882. The van der Waals surface area contributed by atoms with Crippen LogP contribution in [0.5, 0.6) is 5.75 Å². The fourth-order valence-electron chi connectivity index (χ4n) is 2.32. The van der Waals surface area contributed by atoms with E-state index in [0.29, 0.717) is 5.92 Å². The highest BCUT2D eigenvalue weighted by Gasteiger charge is 2.14. The largest absolute Gasteiger partial charge is 0.493 e. The van der Waals surface area contributed by atoms with E-state index < -0.39 is 0 Å². The Kier molecular flexibility index (Phi) is 3.96. The fraction of sp³-hybridized carbons (Fsp3) is 0.625. The van der Waals surface area contributed by atoms with Crippen molar-refractivity contribution in [2.45, 2.75) is 46.1 Å². The molecule has 1 aliphatic heterocycles. The van der Waals surface area contributed by atoms with Crippen LogP contribution in [0, 0.1) is 5.92 Å². The van der Waals surface area contributed by atoms with Crippen LogP contribution in [0.15, 0.2) is 18.2 Å². The van der Waals surface area contributed by atoms with E-state index in [9.17, 15) is 0 Å². The van der Waals surface area contributed by atoms with Gasteiger partial charge in [0.2, 0.25) is 0 Å². The minimum absolute atomic E-state index is 0.208. The number of hydrogen-bond donors (Lipinski definition) is 1. The summed E-state index contributed by atoms with van der Waals surface area (Å²) < 4.78 is 5.54. The molecule has 2 nitrogen and oxygen atoms in total. The molecule has 1 aromatic rings. The van der Waals surface area contributed by atoms with Crippen LogP contribution in [0.1, 0.15) is 38.8 Å². The van der Waals surface area contributed by atoms with Crippen molar-refractivity contribution in [3.63, 3.8) is 0 Å². The summed E-state index contributed by atoms with van der Waals surface area (Å²) in [5, 5.41) is 3.57. The highest BCUT2D eigenvalue weighted by Crippen LogP contribution is 2.26. The predicted octanol–water partition coefficient (Wildman–Crippen LogP) is 3.19. The molecule has 1 unspecified atom stereocenters. The molecule has 2 rings (SSSR count). The van der Waals surface area contributed by atoms with Gasteiger partial charge in [0.25, 0.3) is 0 Å². The Hall–Kier alpha value is -1.02. The van der Waals surface area contributed by atoms with Crippen molar-refractivity contribution in [2.24, 2.45) is 5.92 Å². The predicted molar refractivity (Wildman–Crippen MR) is 76.3 cm³/mol. The maximum absolute atomic E-state index is 5.54. The van der Waals surface area contributed by atoms with E-state index >= 15 is 0 Å². The zero-order valence-electron chi connectivity index (χ0n) is 12.0. The summed E-state index contributed by atoms with van der Waals surface area (Å²) in [5.41, 5.74) is 3.02. The smallest absolute Gasteiger partial charge is 0.122 e. The molecule has 1 atom stereocenters. The second-order valence-electron chi connectivity index (χ2n) is 6.48. The van der Waals surface area contributed by atoms with Crippen LogP contribution in [0.25, 0.3) is 0 Å². The van der Waals surface area contributed by atoms with Gasteiger partial charge in [0, 0.05) is 12.0 Å². The fourth-order valence-corrected chi connectivity index (χ4v) is 2.32. The van der Waals surface area contributed by atoms with Crippen molar-refractivity contribution in [3.05, 3.63) is 29.3 Å². The molecule has 0 aromatic heterocycles. The van der Waals surface area contributed by atoms with Crippen molar-refractivity contribution in [3.8, 4) is 5.75 Å². The first-order valence-corrected chi connectivity index (χ1v) is 6.94. The summed E-state index contributed by atoms with van der Waals surface area (Å²) in [7, 11) is 0. The summed E-state index contributed by atoms with van der Waals surface area (Å²) in [6.07, 6.45) is 2.20. The van der Waals surface area contributed by atoms with Gasteiger partial charge in [-0.1, -0.05) is 19.1 Å². The van der Waals surface area contributed by atoms with Gasteiger partial charge >= 0.3 is 0 Å². The van der Waals surface area contributed by atoms with E-state index in [2.05, 4.69) is 51.2 Å². The molecule has 0 saturated carbocycles. The third-order valence-electron chi connectivity index (χ3n) is 3.32. The summed E-state index contributed by atoms with van der Waals surface area (Å²) >= 11 is 0. The topological polar surface area (TPSA) is 21.3 Å². The molecule has 0 bridgehead atoms. The Bertz CT molecular complexity index is 406. The SMILES string of the molecule is CC(CNC(C)(C)C)Cc1ccc2c(c1)CCO2. The molecule has 1 aromatic carbocycles. The first-order chi connectivity index (χ1) is 8.44. The van der Waals surface area contributed by atoms with Crippen LogP contribution in [0.2, 0.25) is 0 Å². The van der Waals surface area contributed by atoms with Gasteiger partial charge < -0.3 is 10.1 Å². The molecule has 0 radical (unpaired) electrons. The maximum Gasteiger partial charge on any atom is 0.122 e. The maximum atomic E-state index is 5.54. The summed E-state index contributed by atoms with van der Waals surface area (Å²) in [6.45, 7) is 10.9. The standard InChI is InChI=1S/C16H25NO/c1-12(11-17-16(2,3)4)9-13-5-6-15-14(10-13)7-8-18-15/h5-6,10,12,17H,7-9,11H2,1-4H3. The molecule has 0 fully saturated rings. The van der Waals surface area contributed by atoms with E-state index in [1.54, 1.807) is 0 Å². The molecular formula is C16H25NO. The van der Waals surface area contributed by atoms with Crippen LogP contribution in [0.3, 0.4) is 0 Å². The van der Waals surface area contributed by atoms with Crippen molar-refractivity contribution in [1.82, 2.24) is 5.32 Å². The third kappa shape index (κ3) is 3.74. The molecule has 100 valence electrons. The number of rotatable bonds is 4. The molecule has 1 N–H and O–H groups in total. The van der Waals surface area contributed by atoms with Gasteiger partial charge in [0.15, 0.2) is 0 Å². The van der Waals surface area contributed by atoms with Gasteiger partial charge in [-0.25, -0.2) is 0 Å². The lowest BCUT2D eigenvalue weighted by molar-refractivity contribution is 0.356. The molecule has 0 saturated heterocycles. The van der Waals surface area contributed by atoms with E-state index in [0.717, 1.165) is 31.7 Å². The van der Waals surface area contributed by atoms with Crippen LogP contribution < -0.4 is 10.1 Å². The summed E-state index contributed by atoms with van der Waals surface area (Å²) in [6, 6.07) is 6.65. The highest BCUT2D eigenvalue weighted by molar-refractivity contribution is 5.39. The lowest BCUT2D eigenvalue weighted by Gasteiger charge is -2.23. The minimum Gasteiger partial charge on any atom is -0.493 e. The molecule has 0 amide bonds. The van der Waals surface area contributed by atoms with Crippen molar-refractivity contribution >= 4 is 0 Å². The average Bonchev–Trinajstić information content (AvgIpc) is 2.72. The number of fused-ring (bicyclic) bond motifs is 1. The first kappa shape index (κ1) is 13.4. The van der Waals surface area contributed by atoms with Gasteiger partial charge in [-0.05, 0) is 56.8 Å². The van der Waals surface area contributed by atoms with Gasteiger partial charge in [0.1, 0.15) is 5.75 Å². The van der Waals surface area contributed by atoms with Gasteiger partial charge in [0.05, 0.1) is 6.61 Å². The lowest BCUT2D eigenvalue weighted by atomic mass is 9.97. The molecule has 0 aliphatic carbocycles. The molecule has 1 aliphatic rings. The van der Waals surface area contributed by atoms with Crippen molar-refractivity contribution in [2.75, 3.05) is 13.2 Å². The summed E-state index contributed by atoms with van der Waals surface area (Å²) in [4.78, 5) is 0. The van der Waals surface area contributed by atoms with Crippen molar-refractivity contribution < 1.29 is 4.74 Å². The highest BCUT2D eigenvalue weighted by atomic mass is 16.5. The minimum atomic E-state index is 0.208. The monoisotopic (exact) mass is 247 g/mol. The normalized spacial score (nSPS) is 16.2. The number of hydrogen-bond acceptors (Lipinski definition) is 2. The van der Waals surface area contributed by atoms with E-state index in [4.69, 9.17) is 4.74 Å². The Morgan fingerprint density at radius 1 is 1.33 bits per heavy atom. The first-order valence-electron chi connectivity index (χ1n) is 6.94. The van der Waals surface area contributed by atoms with Gasteiger partial charge in [-0.2, -0.15) is 0 Å². The number of benzene rings is 1. The second kappa shape index (κ2) is 5.31. The number of ether oxygens (including phenoxy) is 1. The van der Waals surface area contributed by atoms with E-state index in [-0.39, 0.29) is 5.54 Å². The molecule has 2 heteroatoms. The Morgan fingerprint density at radius 2 is 2.11 bits per heavy atom. The molecule has 18 heavy (non-hydrogen) atoms. The van der Waals surface area contributed by atoms with Crippen LogP contribution in [-0.4, -0.2) is 18.7 Å². The van der Waals surface area contributed by atoms with Crippen molar-refractivity contribution in [1.29, 1.82) is 0 Å². The zero-order valence-corrected chi connectivity index (χ0v) is 12.0. The Balaban J connectivity index is 1.89. The zero-order chi connectivity index (χ0) is 13.2. The Labute approximate surface area is 111 Å². The number of nitrogens with one attached hydrogen (secondary N) is 1. The van der Waals surface area contributed by atoms with E-state index in [1.807, 2.05) is 0 Å². The van der Waals surface area contributed by atoms with Crippen LogP contribution in [0.4, 0.5) is 0 Å². The average molecular weight is 247 g/mol. The Morgan fingerprint density at radius 3 is 2.83 bits per heavy atom. The third-order valence-corrected chi connectivity index (χ3v) is 3.32. The van der Waals surface area contributed by atoms with E-state index in [1.165, 1.54) is 11.1 Å². The van der Waals surface area contributed by atoms with Crippen LogP contribution in [-0.2, 0) is 12.8 Å². The van der Waals surface area contributed by atoms with Gasteiger partial charge in [-0.3, -0.25) is 0 Å². The van der Waals surface area contributed by atoms with Crippen LogP contribution >= 0.6 is 0 Å². The summed E-state index contributed by atoms with van der Waals surface area (Å²) in [5.74, 6) is 1.74. The molecule has 1 heterocycles. The second-order valence-corrected chi connectivity index (χ2v) is 6.48. The molecular weight excluding hydrogens is 222 g/mol. The lowest BCUT2D eigenvalue weighted by Crippen LogP contribution is -2.39.